The standard InChI is InChI=1S/C16H23NO4/c1-3-20-12-16(18)17-8-9-21-15(11-17)10-13-4-6-14(19-2)7-5-13/h4-7,15H,3,8-12H2,1-2H3/t15-/m0/s1. The number of rotatable bonds is 6. The first-order valence-electron chi connectivity index (χ1n) is 7.33. The molecule has 0 N–H and O–H groups in total. The molecule has 1 amide bonds. The van der Waals surface area contributed by atoms with Crippen LogP contribution in [0.15, 0.2) is 24.3 Å². The minimum Gasteiger partial charge on any atom is -0.497 e. The Balaban J connectivity index is 1.86. The number of benzene rings is 1. The zero-order chi connectivity index (χ0) is 15.1. The van der Waals surface area contributed by atoms with Crippen molar-refractivity contribution in [2.24, 2.45) is 0 Å². The van der Waals surface area contributed by atoms with Gasteiger partial charge in [-0.05, 0) is 24.6 Å². The summed E-state index contributed by atoms with van der Waals surface area (Å²) >= 11 is 0. The van der Waals surface area contributed by atoms with Crippen LogP contribution in [0.3, 0.4) is 0 Å². The first-order chi connectivity index (χ1) is 10.2. The molecule has 0 aliphatic carbocycles. The van der Waals surface area contributed by atoms with Gasteiger partial charge in [0.05, 0.1) is 19.8 Å². The molecule has 1 aromatic carbocycles. The second-order valence-electron chi connectivity index (χ2n) is 5.02. The zero-order valence-corrected chi connectivity index (χ0v) is 12.7. The van der Waals surface area contributed by atoms with Crippen molar-refractivity contribution < 1.29 is 19.0 Å². The van der Waals surface area contributed by atoms with Crippen LogP contribution in [0.1, 0.15) is 12.5 Å². The van der Waals surface area contributed by atoms with Crippen molar-refractivity contribution in [2.45, 2.75) is 19.4 Å². The fraction of sp³-hybridized carbons (Fsp3) is 0.562. The number of hydrogen-bond donors (Lipinski definition) is 0. The molecule has 1 saturated heterocycles. The number of carbonyl (C=O) groups is 1. The molecular formula is C16H23NO4. The van der Waals surface area contributed by atoms with Crippen LogP contribution >= 0.6 is 0 Å². The number of amides is 1. The van der Waals surface area contributed by atoms with Crippen LogP contribution in [-0.2, 0) is 20.7 Å². The molecule has 116 valence electrons. The maximum Gasteiger partial charge on any atom is 0.248 e. The molecule has 0 aromatic heterocycles. The van der Waals surface area contributed by atoms with E-state index >= 15 is 0 Å². The van der Waals surface area contributed by atoms with Crippen LogP contribution in [0.5, 0.6) is 5.75 Å². The second-order valence-corrected chi connectivity index (χ2v) is 5.02. The number of nitrogens with zero attached hydrogens (tertiary/aromatic N) is 1. The lowest BCUT2D eigenvalue weighted by atomic mass is 10.1. The first kappa shape index (κ1) is 15.8. The van der Waals surface area contributed by atoms with E-state index in [0.717, 1.165) is 12.2 Å². The predicted octanol–water partition coefficient (Wildman–Crippen LogP) is 1.50. The average molecular weight is 293 g/mol. The van der Waals surface area contributed by atoms with Crippen molar-refractivity contribution in [2.75, 3.05) is 40.0 Å². The minimum atomic E-state index is 0.0396. The lowest BCUT2D eigenvalue weighted by Gasteiger charge is -2.33. The van der Waals surface area contributed by atoms with Gasteiger partial charge in [-0.2, -0.15) is 0 Å². The molecule has 5 nitrogen and oxygen atoms in total. The van der Waals surface area contributed by atoms with Gasteiger partial charge in [0.25, 0.3) is 0 Å². The fourth-order valence-corrected chi connectivity index (χ4v) is 2.37. The molecule has 0 bridgehead atoms. The Labute approximate surface area is 125 Å². The monoisotopic (exact) mass is 293 g/mol. The highest BCUT2D eigenvalue weighted by Gasteiger charge is 2.24. The van der Waals surface area contributed by atoms with Crippen LogP contribution in [0.2, 0.25) is 0 Å². The van der Waals surface area contributed by atoms with Crippen LogP contribution in [0, 0.1) is 0 Å². The van der Waals surface area contributed by atoms with E-state index < -0.39 is 0 Å². The number of carbonyl (C=O) groups excluding carboxylic acids is 1. The summed E-state index contributed by atoms with van der Waals surface area (Å²) in [7, 11) is 1.65. The van der Waals surface area contributed by atoms with Gasteiger partial charge < -0.3 is 19.1 Å². The Hall–Kier alpha value is -1.59. The molecule has 21 heavy (non-hydrogen) atoms. The van der Waals surface area contributed by atoms with Crippen molar-refractivity contribution in [1.82, 2.24) is 4.90 Å². The van der Waals surface area contributed by atoms with Gasteiger partial charge >= 0.3 is 0 Å². The van der Waals surface area contributed by atoms with Crippen molar-refractivity contribution in [3.05, 3.63) is 29.8 Å². The Bertz CT molecular complexity index is 446. The normalized spacial score (nSPS) is 18.6. The Morgan fingerprint density at radius 2 is 2.14 bits per heavy atom. The Kier molecular flexibility index (Phi) is 6.02. The van der Waals surface area contributed by atoms with Crippen molar-refractivity contribution in [3.63, 3.8) is 0 Å². The lowest BCUT2D eigenvalue weighted by Crippen LogP contribution is -2.47. The largest absolute Gasteiger partial charge is 0.497 e. The number of morpholine rings is 1. The van der Waals surface area contributed by atoms with Gasteiger partial charge in [0.1, 0.15) is 12.4 Å². The number of ether oxygens (including phenoxy) is 3. The third-order valence-corrected chi connectivity index (χ3v) is 3.54. The van der Waals surface area contributed by atoms with E-state index in [-0.39, 0.29) is 18.6 Å². The van der Waals surface area contributed by atoms with Crippen LogP contribution in [0.4, 0.5) is 0 Å². The van der Waals surface area contributed by atoms with Gasteiger partial charge in [-0.3, -0.25) is 4.79 Å². The molecule has 1 aliphatic rings. The maximum atomic E-state index is 12.0. The molecule has 0 radical (unpaired) electrons. The molecule has 1 heterocycles. The van der Waals surface area contributed by atoms with Crippen LogP contribution in [-0.4, -0.2) is 56.9 Å². The van der Waals surface area contributed by atoms with Gasteiger partial charge in [0, 0.05) is 26.1 Å². The molecule has 0 saturated carbocycles. The van der Waals surface area contributed by atoms with Gasteiger partial charge in [-0.15, -0.1) is 0 Å². The highest BCUT2D eigenvalue weighted by atomic mass is 16.5. The molecular weight excluding hydrogens is 270 g/mol. The van der Waals surface area contributed by atoms with Gasteiger partial charge in [-0.1, -0.05) is 12.1 Å². The van der Waals surface area contributed by atoms with E-state index in [1.165, 1.54) is 5.56 Å². The summed E-state index contributed by atoms with van der Waals surface area (Å²) in [4.78, 5) is 13.8. The Morgan fingerprint density at radius 1 is 1.38 bits per heavy atom. The fourth-order valence-electron chi connectivity index (χ4n) is 2.37. The highest BCUT2D eigenvalue weighted by molar-refractivity contribution is 5.77. The summed E-state index contributed by atoms with van der Waals surface area (Å²) in [6.45, 7) is 4.46. The number of methoxy groups -OCH3 is 1. The molecule has 1 fully saturated rings. The second kappa shape index (κ2) is 8.00. The summed E-state index contributed by atoms with van der Waals surface area (Å²) in [6, 6.07) is 7.94. The summed E-state index contributed by atoms with van der Waals surface area (Å²) in [5.74, 6) is 0.886. The van der Waals surface area contributed by atoms with Gasteiger partial charge in [0.2, 0.25) is 5.91 Å². The Morgan fingerprint density at radius 3 is 2.81 bits per heavy atom. The lowest BCUT2D eigenvalue weighted by molar-refractivity contribution is -0.143. The summed E-state index contributed by atoms with van der Waals surface area (Å²) in [5, 5.41) is 0. The van der Waals surface area contributed by atoms with E-state index in [4.69, 9.17) is 14.2 Å². The van der Waals surface area contributed by atoms with Crippen molar-refractivity contribution in [1.29, 1.82) is 0 Å². The zero-order valence-electron chi connectivity index (χ0n) is 12.7. The molecule has 0 unspecified atom stereocenters. The third kappa shape index (κ3) is 4.72. The van der Waals surface area contributed by atoms with Crippen molar-refractivity contribution in [3.8, 4) is 5.75 Å². The topological polar surface area (TPSA) is 48.0 Å². The van der Waals surface area contributed by atoms with E-state index in [2.05, 4.69) is 0 Å². The smallest absolute Gasteiger partial charge is 0.248 e. The summed E-state index contributed by atoms with van der Waals surface area (Å²) < 4.78 is 16.1. The molecule has 1 aromatic rings. The van der Waals surface area contributed by atoms with Crippen LogP contribution < -0.4 is 4.74 Å². The minimum absolute atomic E-state index is 0.0396. The third-order valence-electron chi connectivity index (χ3n) is 3.54. The number of hydrogen-bond acceptors (Lipinski definition) is 4. The molecule has 1 aliphatic heterocycles. The predicted molar refractivity (Wildman–Crippen MR) is 79.5 cm³/mol. The van der Waals surface area contributed by atoms with E-state index in [1.807, 2.05) is 36.1 Å². The first-order valence-corrected chi connectivity index (χ1v) is 7.33. The average Bonchev–Trinajstić information content (AvgIpc) is 2.53. The highest BCUT2D eigenvalue weighted by Crippen LogP contribution is 2.16. The summed E-state index contributed by atoms with van der Waals surface area (Å²) in [6.07, 6.45) is 0.834. The van der Waals surface area contributed by atoms with Crippen molar-refractivity contribution >= 4 is 5.91 Å². The van der Waals surface area contributed by atoms with E-state index in [9.17, 15) is 4.79 Å². The quantitative estimate of drug-likeness (QED) is 0.797. The molecule has 5 heteroatoms. The van der Waals surface area contributed by atoms with E-state index in [1.54, 1.807) is 7.11 Å². The maximum absolute atomic E-state index is 12.0. The van der Waals surface area contributed by atoms with Gasteiger partial charge in [-0.25, -0.2) is 0 Å². The van der Waals surface area contributed by atoms with Crippen LogP contribution in [0.25, 0.3) is 0 Å². The molecule has 0 spiro atoms. The van der Waals surface area contributed by atoms with Gasteiger partial charge in [0.15, 0.2) is 0 Å². The molecule has 2 rings (SSSR count). The SMILES string of the molecule is CCOCC(=O)N1CCO[C@@H](Cc2ccc(OC)cc2)C1. The molecule has 1 atom stereocenters. The summed E-state index contributed by atoms with van der Waals surface area (Å²) in [5.41, 5.74) is 1.18. The van der Waals surface area contributed by atoms with E-state index in [0.29, 0.717) is 26.3 Å².